The fourth-order valence-electron chi connectivity index (χ4n) is 3.12. The highest BCUT2D eigenvalue weighted by molar-refractivity contribution is 5.88. The van der Waals surface area contributed by atoms with Gasteiger partial charge in [0.2, 0.25) is 11.7 Å². The van der Waals surface area contributed by atoms with Crippen molar-refractivity contribution in [3.63, 3.8) is 0 Å². The van der Waals surface area contributed by atoms with Gasteiger partial charge in [0.1, 0.15) is 11.8 Å². The zero-order chi connectivity index (χ0) is 22.8. The lowest BCUT2D eigenvalue weighted by Crippen LogP contribution is -2.50. The van der Waals surface area contributed by atoms with E-state index in [1.54, 1.807) is 0 Å². The number of ether oxygens (including phenoxy) is 2. The molecule has 9 heteroatoms. The van der Waals surface area contributed by atoms with Crippen molar-refractivity contribution < 1.29 is 24.0 Å². The molecule has 166 valence electrons. The molecule has 0 aliphatic carbocycles. The van der Waals surface area contributed by atoms with Crippen molar-refractivity contribution in [2.75, 3.05) is 20.3 Å². The molecule has 0 aliphatic heterocycles. The number of amides is 2. The van der Waals surface area contributed by atoms with E-state index in [4.69, 9.17) is 9.47 Å². The van der Waals surface area contributed by atoms with Gasteiger partial charge in [0.15, 0.2) is 6.61 Å². The number of nitro groups is 1. The molecule has 31 heavy (non-hydrogen) atoms. The van der Waals surface area contributed by atoms with Crippen LogP contribution in [0, 0.1) is 10.1 Å². The average Bonchev–Trinajstić information content (AvgIpc) is 2.77. The van der Waals surface area contributed by atoms with E-state index in [2.05, 4.69) is 5.32 Å². The molecule has 2 aromatic carbocycles. The first kappa shape index (κ1) is 23.7. The van der Waals surface area contributed by atoms with E-state index in [1.807, 2.05) is 44.2 Å². The molecular formula is C22H27N3O6. The second-order valence-electron chi connectivity index (χ2n) is 6.71. The van der Waals surface area contributed by atoms with Crippen LogP contribution in [0.4, 0.5) is 5.69 Å². The second-order valence-corrected chi connectivity index (χ2v) is 6.71. The van der Waals surface area contributed by atoms with Gasteiger partial charge < -0.3 is 19.7 Å². The summed E-state index contributed by atoms with van der Waals surface area (Å²) in [6.07, 6.45) is 0.440. The van der Waals surface area contributed by atoms with Crippen molar-refractivity contribution in [1.82, 2.24) is 10.2 Å². The van der Waals surface area contributed by atoms with Crippen molar-refractivity contribution in [2.24, 2.45) is 0 Å². The van der Waals surface area contributed by atoms with Crippen LogP contribution >= 0.6 is 0 Å². The van der Waals surface area contributed by atoms with Crippen molar-refractivity contribution in [3.8, 4) is 11.5 Å². The number of hydrogen-bond acceptors (Lipinski definition) is 6. The first-order valence-electron chi connectivity index (χ1n) is 9.97. The van der Waals surface area contributed by atoms with Gasteiger partial charge in [-0.15, -0.1) is 0 Å². The van der Waals surface area contributed by atoms with E-state index in [1.165, 1.54) is 30.2 Å². The molecule has 2 rings (SSSR count). The Morgan fingerprint density at radius 3 is 2.45 bits per heavy atom. The number of benzene rings is 2. The monoisotopic (exact) mass is 429 g/mol. The van der Waals surface area contributed by atoms with Crippen LogP contribution < -0.4 is 14.8 Å². The molecule has 0 saturated heterocycles. The Hall–Kier alpha value is -3.62. The SMILES string of the molecule is CCNC(=O)[C@H](CC)N(Cc1ccccc1)C(=O)COc1ccc([N+](=O)[O-])c(OC)c1. The Kier molecular flexibility index (Phi) is 8.80. The third-order valence-corrected chi connectivity index (χ3v) is 4.64. The number of nitrogens with one attached hydrogen (secondary N) is 1. The van der Waals surface area contributed by atoms with E-state index in [9.17, 15) is 19.7 Å². The standard InChI is InChI=1S/C22H27N3O6/c1-4-18(22(27)23-5-2)24(14-16-9-7-6-8-10-16)21(26)15-31-17-11-12-19(25(28)29)20(13-17)30-3/h6-13,18H,4-5,14-15H2,1-3H3,(H,23,27)/t18-/m0/s1. The van der Waals surface area contributed by atoms with Gasteiger partial charge in [-0.3, -0.25) is 19.7 Å². The molecular weight excluding hydrogens is 402 g/mol. The number of hydrogen-bond donors (Lipinski definition) is 1. The van der Waals surface area contributed by atoms with Gasteiger partial charge in [0, 0.05) is 25.2 Å². The van der Waals surface area contributed by atoms with E-state index >= 15 is 0 Å². The third-order valence-electron chi connectivity index (χ3n) is 4.64. The first-order valence-corrected chi connectivity index (χ1v) is 9.97. The molecule has 1 N–H and O–H groups in total. The number of carbonyl (C=O) groups excluding carboxylic acids is 2. The lowest BCUT2D eigenvalue weighted by Gasteiger charge is -2.30. The highest BCUT2D eigenvalue weighted by Crippen LogP contribution is 2.30. The molecule has 0 saturated carbocycles. The zero-order valence-electron chi connectivity index (χ0n) is 17.9. The number of carbonyl (C=O) groups is 2. The Bertz CT molecular complexity index is 903. The Labute approximate surface area is 181 Å². The van der Waals surface area contributed by atoms with Crippen molar-refractivity contribution in [2.45, 2.75) is 32.9 Å². The van der Waals surface area contributed by atoms with Gasteiger partial charge in [-0.2, -0.15) is 0 Å². The van der Waals surface area contributed by atoms with Crippen LogP contribution in [-0.4, -0.2) is 47.9 Å². The van der Waals surface area contributed by atoms with Gasteiger partial charge in [-0.1, -0.05) is 37.3 Å². The van der Waals surface area contributed by atoms with E-state index in [-0.39, 0.29) is 42.2 Å². The number of methoxy groups -OCH3 is 1. The minimum Gasteiger partial charge on any atom is -0.490 e. The lowest BCUT2D eigenvalue weighted by molar-refractivity contribution is -0.385. The highest BCUT2D eigenvalue weighted by atomic mass is 16.6. The molecule has 0 heterocycles. The predicted octanol–water partition coefficient (Wildman–Crippen LogP) is 2.93. The minimum absolute atomic E-state index is 0.0323. The summed E-state index contributed by atoms with van der Waals surface area (Å²) in [4.78, 5) is 37.5. The Morgan fingerprint density at radius 1 is 1.16 bits per heavy atom. The summed E-state index contributed by atoms with van der Waals surface area (Å²) in [6, 6.07) is 12.7. The van der Waals surface area contributed by atoms with Crippen LogP contribution in [-0.2, 0) is 16.1 Å². The molecule has 0 aliphatic rings. The first-order chi connectivity index (χ1) is 14.9. The Morgan fingerprint density at radius 2 is 1.87 bits per heavy atom. The van der Waals surface area contributed by atoms with Gasteiger partial charge >= 0.3 is 5.69 Å². The molecule has 0 unspecified atom stereocenters. The molecule has 0 aromatic heterocycles. The van der Waals surface area contributed by atoms with Crippen LogP contribution in [0.3, 0.4) is 0 Å². The molecule has 2 amide bonds. The summed E-state index contributed by atoms with van der Waals surface area (Å²) in [5, 5.41) is 13.8. The summed E-state index contributed by atoms with van der Waals surface area (Å²) in [7, 11) is 1.32. The maximum absolute atomic E-state index is 13.0. The van der Waals surface area contributed by atoms with E-state index < -0.39 is 11.0 Å². The van der Waals surface area contributed by atoms with Gasteiger partial charge in [-0.25, -0.2) is 0 Å². The molecule has 2 aromatic rings. The van der Waals surface area contributed by atoms with E-state index in [0.29, 0.717) is 13.0 Å². The number of nitrogens with zero attached hydrogens (tertiary/aromatic N) is 2. The molecule has 0 bridgehead atoms. The molecule has 0 spiro atoms. The van der Waals surface area contributed by atoms with Crippen LogP contribution in [0.2, 0.25) is 0 Å². The van der Waals surface area contributed by atoms with Crippen molar-refractivity contribution in [3.05, 3.63) is 64.2 Å². The normalized spacial score (nSPS) is 11.3. The molecule has 0 fully saturated rings. The summed E-state index contributed by atoms with van der Waals surface area (Å²) < 4.78 is 10.6. The second kappa shape index (κ2) is 11.5. The highest BCUT2D eigenvalue weighted by Gasteiger charge is 2.28. The molecule has 1 atom stereocenters. The smallest absolute Gasteiger partial charge is 0.311 e. The quantitative estimate of drug-likeness (QED) is 0.434. The van der Waals surface area contributed by atoms with Crippen LogP contribution in [0.25, 0.3) is 0 Å². The maximum atomic E-state index is 13.0. The van der Waals surface area contributed by atoms with Crippen LogP contribution in [0.1, 0.15) is 25.8 Å². The maximum Gasteiger partial charge on any atom is 0.311 e. The zero-order valence-corrected chi connectivity index (χ0v) is 17.9. The Balaban J connectivity index is 2.20. The van der Waals surface area contributed by atoms with Crippen molar-refractivity contribution in [1.29, 1.82) is 0 Å². The summed E-state index contributed by atoms with van der Waals surface area (Å²) in [5.41, 5.74) is 0.685. The molecule has 0 radical (unpaired) electrons. The van der Waals surface area contributed by atoms with E-state index in [0.717, 1.165) is 5.56 Å². The fourth-order valence-corrected chi connectivity index (χ4v) is 3.12. The fraction of sp³-hybridized carbons (Fsp3) is 0.364. The largest absolute Gasteiger partial charge is 0.490 e. The lowest BCUT2D eigenvalue weighted by atomic mass is 10.1. The van der Waals surface area contributed by atoms with Crippen LogP contribution in [0.5, 0.6) is 11.5 Å². The summed E-state index contributed by atoms with van der Waals surface area (Å²) >= 11 is 0. The van der Waals surface area contributed by atoms with Crippen molar-refractivity contribution >= 4 is 17.5 Å². The molecule has 9 nitrogen and oxygen atoms in total. The van der Waals surface area contributed by atoms with Gasteiger partial charge in [0.05, 0.1) is 12.0 Å². The predicted molar refractivity (Wildman–Crippen MR) is 115 cm³/mol. The number of likely N-dealkylation sites (N-methyl/N-ethyl adjacent to an activating group) is 1. The number of nitro benzene ring substituents is 1. The average molecular weight is 429 g/mol. The topological polar surface area (TPSA) is 111 Å². The van der Waals surface area contributed by atoms with Gasteiger partial charge in [-0.05, 0) is 25.0 Å². The summed E-state index contributed by atoms with van der Waals surface area (Å²) in [5.74, 6) is -0.322. The minimum atomic E-state index is -0.650. The number of rotatable bonds is 11. The summed E-state index contributed by atoms with van der Waals surface area (Å²) in [6.45, 7) is 4.04. The third kappa shape index (κ3) is 6.43. The van der Waals surface area contributed by atoms with Crippen LogP contribution in [0.15, 0.2) is 48.5 Å². The van der Waals surface area contributed by atoms with Gasteiger partial charge in [0.25, 0.3) is 5.91 Å².